The molecule has 0 bridgehead atoms. The fourth-order valence-corrected chi connectivity index (χ4v) is 0.125. The van der Waals surface area contributed by atoms with E-state index >= 15 is 0 Å². The first kappa shape index (κ1) is 5.87. The van der Waals surface area contributed by atoms with Gasteiger partial charge in [0, 0.05) is 7.05 Å². The summed E-state index contributed by atoms with van der Waals surface area (Å²) >= 11 is 0. The Hall–Kier alpha value is -1.13. The maximum absolute atomic E-state index is 6.24. The van der Waals surface area contributed by atoms with Gasteiger partial charge in [-0.25, -0.2) is 11.1 Å². The van der Waals surface area contributed by atoms with Crippen molar-refractivity contribution in [2.75, 3.05) is 7.05 Å². The first-order valence-electron chi connectivity index (χ1n) is 1.57. The summed E-state index contributed by atoms with van der Waals surface area (Å²) < 4.78 is 0. The molecule has 5 nitrogen and oxygen atoms in total. The van der Waals surface area contributed by atoms with Crippen molar-refractivity contribution < 1.29 is 0 Å². The van der Waals surface area contributed by atoms with E-state index in [1.54, 1.807) is 0 Å². The predicted octanol–water partition coefficient (Wildman–Crippen LogP) is 1.03. The minimum Gasteiger partial charge on any atom is -0.250 e. The summed E-state index contributed by atoms with van der Waals surface area (Å²) in [7, 11) is 1.42. The van der Waals surface area contributed by atoms with E-state index in [1.807, 2.05) is 0 Å². The van der Waals surface area contributed by atoms with Gasteiger partial charge in [0.05, 0.1) is 0 Å². The summed E-state index contributed by atoms with van der Waals surface area (Å²) in [6.45, 7) is 0. The molecule has 0 aliphatic heterocycles. The number of hydrogen-bond donors (Lipinski definition) is 2. The van der Waals surface area contributed by atoms with Gasteiger partial charge in [0.15, 0.2) is 0 Å². The molecule has 0 saturated carbocycles. The summed E-state index contributed by atoms with van der Waals surface area (Å²) in [6.07, 6.45) is 0. The van der Waals surface area contributed by atoms with Crippen LogP contribution in [0.2, 0.25) is 0 Å². The highest BCUT2D eigenvalue weighted by Gasteiger charge is 1.81. The molecular weight excluding hydrogens is 94.1 g/mol. The van der Waals surface area contributed by atoms with Gasteiger partial charge in [0.1, 0.15) is 0 Å². The van der Waals surface area contributed by atoms with Crippen molar-refractivity contribution in [1.82, 2.24) is 0 Å². The van der Waals surface area contributed by atoms with Crippen LogP contribution in [-0.4, -0.2) is 13.0 Å². The van der Waals surface area contributed by atoms with Gasteiger partial charge in [-0.1, -0.05) is 0 Å². The maximum atomic E-state index is 6.24. The monoisotopic (exact) mass is 99.1 g/mol. The Morgan fingerprint density at radius 1 is 1.29 bits per heavy atom. The van der Waals surface area contributed by atoms with Crippen molar-refractivity contribution in [3.8, 4) is 0 Å². The molecule has 7 heavy (non-hydrogen) atoms. The minimum atomic E-state index is -0.111. The average Bonchev–Trinajstić information content (AvgIpc) is 1.72. The molecule has 0 unspecified atom stereocenters. The molecule has 2 N–H and O–H groups in total. The van der Waals surface area contributed by atoms with Crippen LogP contribution in [0.1, 0.15) is 0 Å². The Morgan fingerprint density at radius 3 is 1.71 bits per heavy atom. The average molecular weight is 99.1 g/mol. The van der Waals surface area contributed by atoms with Crippen LogP contribution < -0.4 is 0 Å². The van der Waals surface area contributed by atoms with Crippen molar-refractivity contribution in [3.05, 3.63) is 0 Å². The Balaban J connectivity index is 3.85. The third-order valence-electron chi connectivity index (χ3n) is 0.400. The standard InChI is InChI=1S/C2H5N5/c1-5-2(6-3)7-4/h3-4H,1H3. The number of rotatable bonds is 0. The van der Waals surface area contributed by atoms with Crippen molar-refractivity contribution in [2.45, 2.75) is 0 Å². The van der Waals surface area contributed by atoms with Crippen LogP contribution >= 0.6 is 0 Å². The molecule has 0 amide bonds. The van der Waals surface area contributed by atoms with E-state index in [1.165, 1.54) is 7.05 Å². The lowest BCUT2D eigenvalue weighted by Crippen LogP contribution is -1.80. The van der Waals surface area contributed by atoms with Crippen LogP contribution in [0.3, 0.4) is 0 Å². The van der Waals surface area contributed by atoms with E-state index in [2.05, 4.69) is 15.2 Å². The van der Waals surface area contributed by atoms with Gasteiger partial charge in [-0.05, 0) is 0 Å². The highest BCUT2D eigenvalue weighted by molar-refractivity contribution is 5.79. The molecule has 0 aliphatic rings. The SMILES string of the molecule is CN=C(N=N)N=N. The molecule has 0 spiro atoms. The van der Waals surface area contributed by atoms with Crippen LogP contribution in [-0.2, 0) is 0 Å². The lowest BCUT2D eigenvalue weighted by Gasteiger charge is -1.76. The zero-order valence-electron chi connectivity index (χ0n) is 3.84. The Kier molecular flexibility index (Phi) is 2.58. The van der Waals surface area contributed by atoms with Crippen molar-refractivity contribution in [2.24, 2.45) is 15.2 Å². The van der Waals surface area contributed by atoms with Gasteiger partial charge in [0.2, 0.25) is 0 Å². The van der Waals surface area contributed by atoms with E-state index in [9.17, 15) is 0 Å². The molecule has 0 aromatic carbocycles. The van der Waals surface area contributed by atoms with E-state index in [0.717, 1.165) is 0 Å². The molecule has 0 aromatic heterocycles. The van der Waals surface area contributed by atoms with Gasteiger partial charge >= 0.3 is 0 Å². The summed E-state index contributed by atoms with van der Waals surface area (Å²) in [5.41, 5.74) is 12.5. The second-order valence-electron chi connectivity index (χ2n) is 0.747. The second kappa shape index (κ2) is 3.08. The van der Waals surface area contributed by atoms with Gasteiger partial charge < -0.3 is 0 Å². The van der Waals surface area contributed by atoms with Crippen LogP contribution in [0.4, 0.5) is 0 Å². The van der Waals surface area contributed by atoms with Gasteiger partial charge in [0.25, 0.3) is 5.96 Å². The summed E-state index contributed by atoms with van der Waals surface area (Å²) in [4.78, 5) is 3.33. The van der Waals surface area contributed by atoms with Gasteiger partial charge in [-0.2, -0.15) is 0 Å². The van der Waals surface area contributed by atoms with Gasteiger partial charge in [-0.15, -0.1) is 10.2 Å². The highest BCUT2D eigenvalue weighted by Crippen LogP contribution is 1.76. The molecule has 0 aromatic rings. The molecule has 0 atom stereocenters. The second-order valence-corrected chi connectivity index (χ2v) is 0.747. The Labute approximate surface area is 40.5 Å². The molecule has 0 rings (SSSR count). The number of aliphatic imine (C=N–C) groups is 1. The number of nitrogens with zero attached hydrogens (tertiary/aromatic N) is 3. The fourth-order valence-electron chi connectivity index (χ4n) is 0.125. The zero-order chi connectivity index (χ0) is 5.70. The predicted molar refractivity (Wildman–Crippen MR) is 23.7 cm³/mol. The maximum Gasteiger partial charge on any atom is 0.281 e. The van der Waals surface area contributed by atoms with Crippen LogP contribution in [0.5, 0.6) is 0 Å². The van der Waals surface area contributed by atoms with E-state index < -0.39 is 0 Å². The van der Waals surface area contributed by atoms with Crippen LogP contribution in [0.25, 0.3) is 0 Å². The van der Waals surface area contributed by atoms with Gasteiger partial charge in [-0.3, -0.25) is 4.99 Å². The van der Waals surface area contributed by atoms with Crippen molar-refractivity contribution in [3.63, 3.8) is 0 Å². The lowest BCUT2D eigenvalue weighted by molar-refractivity contribution is 1.08. The van der Waals surface area contributed by atoms with Crippen LogP contribution in [0, 0.1) is 11.1 Å². The molecule has 0 heterocycles. The molecule has 0 saturated heterocycles. The number of hydrogen-bond acceptors (Lipinski definition) is 3. The molecular formula is C2H5N5. The molecule has 0 radical (unpaired) electrons. The molecule has 38 valence electrons. The zero-order valence-corrected chi connectivity index (χ0v) is 3.84. The molecule has 0 fully saturated rings. The summed E-state index contributed by atoms with van der Waals surface area (Å²) in [5.74, 6) is -0.111. The highest BCUT2D eigenvalue weighted by atomic mass is 15.2. The van der Waals surface area contributed by atoms with Crippen molar-refractivity contribution >= 4 is 5.96 Å². The number of guanidine groups is 1. The normalized spacial score (nSPS) is 7.00. The van der Waals surface area contributed by atoms with E-state index in [0.29, 0.717) is 0 Å². The summed E-state index contributed by atoms with van der Waals surface area (Å²) in [6, 6.07) is 0. The van der Waals surface area contributed by atoms with E-state index in [4.69, 9.17) is 11.1 Å². The lowest BCUT2D eigenvalue weighted by atomic mass is 11.0. The van der Waals surface area contributed by atoms with Crippen LogP contribution in [0.15, 0.2) is 15.2 Å². The number of nitrogens with one attached hydrogen (secondary N) is 2. The first-order chi connectivity index (χ1) is 3.35. The quantitative estimate of drug-likeness (QED) is 0.258. The van der Waals surface area contributed by atoms with Crippen molar-refractivity contribution in [1.29, 1.82) is 11.1 Å². The third-order valence-corrected chi connectivity index (χ3v) is 0.400. The van der Waals surface area contributed by atoms with E-state index in [-0.39, 0.29) is 5.96 Å². The molecule has 5 heteroatoms. The fraction of sp³-hybridized carbons (Fsp3) is 0.500. The third kappa shape index (κ3) is 1.69. The largest absolute Gasteiger partial charge is 0.281 e. The smallest absolute Gasteiger partial charge is 0.250 e. The molecule has 0 aliphatic carbocycles. The Morgan fingerprint density at radius 2 is 1.71 bits per heavy atom. The first-order valence-corrected chi connectivity index (χ1v) is 1.57. The Bertz CT molecular complexity index is 92.6. The topological polar surface area (TPSA) is 84.8 Å². The summed E-state index contributed by atoms with van der Waals surface area (Å²) in [5, 5.41) is 5.54. The minimum absolute atomic E-state index is 0.111.